The molecule has 6 aliphatic rings. The highest BCUT2D eigenvalue weighted by atomic mass is 16.9. The van der Waals surface area contributed by atoms with Gasteiger partial charge >= 0.3 is 0 Å². The van der Waals surface area contributed by atoms with E-state index in [0.717, 1.165) is 32.1 Å². The minimum absolute atomic E-state index is 0.0920. The Hall–Kier alpha value is -1.46. The molecule has 4 saturated carbocycles. The summed E-state index contributed by atoms with van der Waals surface area (Å²) in [4.78, 5) is 26.5. The number of fused-ring (bicyclic) bond motifs is 7. The largest absolute Gasteiger partial charge is 0.393 e. The topological polar surface area (TPSA) is 143 Å². The van der Waals surface area contributed by atoms with Gasteiger partial charge < -0.3 is 34.6 Å². The lowest BCUT2D eigenvalue weighted by atomic mass is 9.45. The first kappa shape index (κ1) is 29.6. The van der Waals surface area contributed by atoms with E-state index in [9.17, 15) is 30.0 Å². The Morgan fingerprint density at radius 3 is 2.51 bits per heavy atom. The number of aliphatic hydroxyl groups excluding tert-OH is 1. The summed E-state index contributed by atoms with van der Waals surface area (Å²) >= 11 is 0. The molecule has 1 aliphatic heterocycles. The maximum absolute atomic E-state index is 14.3. The van der Waals surface area contributed by atoms with Crippen molar-refractivity contribution in [3.63, 3.8) is 0 Å². The lowest BCUT2D eigenvalue weighted by Crippen LogP contribution is -2.66. The van der Waals surface area contributed by atoms with Gasteiger partial charge in [0.1, 0.15) is 12.7 Å². The fourth-order valence-electron chi connectivity index (χ4n) is 9.90. The summed E-state index contributed by atoms with van der Waals surface area (Å²) in [6.07, 6.45) is 7.63. The van der Waals surface area contributed by atoms with Gasteiger partial charge in [0.05, 0.1) is 6.10 Å². The number of rotatable bonds is 6. The Balaban J connectivity index is 1.41. The molecule has 5 aliphatic carbocycles. The normalized spacial score (nSPS) is 47.0. The summed E-state index contributed by atoms with van der Waals surface area (Å²) < 4.78 is 18.8. The van der Waals surface area contributed by atoms with Crippen LogP contribution >= 0.6 is 0 Å². The highest BCUT2D eigenvalue weighted by molar-refractivity contribution is 6.01. The second kappa shape index (κ2) is 9.78. The van der Waals surface area contributed by atoms with Crippen LogP contribution in [0.25, 0.3) is 0 Å². The van der Waals surface area contributed by atoms with Crippen LogP contribution in [0, 0.1) is 40.4 Å². The molecule has 9 atom stereocenters. The number of hydrogen-bond donors (Lipinski definition) is 4. The molecule has 9 unspecified atom stereocenters. The molecule has 6 rings (SSSR count). The number of carbonyl (C=O) groups is 2. The molecule has 9 heteroatoms. The number of allylic oxidation sites excluding steroid dienone is 3. The molecule has 0 aromatic carbocycles. The van der Waals surface area contributed by atoms with Crippen molar-refractivity contribution in [3.05, 3.63) is 23.8 Å². The Morgan fingerprint density at radius 1 is 1.12 bits per heavy atom. The van der Waals surface area contributed by atoms with Crippen molar-refractivity contribution in [1.29, 1.82) is 0 Å². The quantitative estimate of drug-likeness (QED) is 0.352. The Kier molecular flexibility index (Phi) is 7.06. The molecule has 9 nitrogen and oxygen atoms in total. The van der Waals surface area contributed by atoms with Crippen LogP contribution in [0.1, 0.15) is 79.1 Å². The lowest BCUT2D eigenvalue weighted by Gasteiger charge is -2.61. The zero-order chi connectivity index (χ0) is 29.6. The van der Waals surface area contributed by atoms with Gasteiger partial charge in [-0.05, 0) is 55.6 Å². The molecule has 4 N–H and O–H groups in total. The van der Waals surface area contributed by atoms with Crippen molar-refractivity contribution < 1.29 is 44.2 Å². The number of ether oxygens (including phenoxy) is 3. The molecule has 0 aromatic rings. The number of Topliss-reactive ketones (excluding diaryl/α,β-unsaturated/α-hetero) is 1. The summed E-state index contributed by atoms with van der Waals surface area (Å²) in [5, 5.41) is 46.3. The van der Waals surface area contributed by atoms with Gasteiger partial charge in [-0.15, -0.1) is 0 Å². The summed E-state index contributed by atoms with van der Waals surface area (Å²) in [6.45, 7) is 7.97. The van der Waals surface area contributed by atoms with Crippen molar-refractivity contribution in [3.8, 4) is 0 Å². The third-order valence-corrected chi connectivity index (χ3v) is 11.6. The molecule has 0 aromatic heterocycles. The zero-order valence-electron chi connectivity index (χ0n) is 24.7. The van der Waals surface area contributed by atoms with E-state index in [4.69, 9.17) is 14.2 Å². The first-order chi connectivity index (χ1) is 19.2. The highest BCUT2D eigenvalue weighted by Gasteiger charge is 2.79. The van der Waals surface area contributed by atoms with Gasteiger partial charge in [0.25, 0.3) is 5.97 Å². The summed E-state index contributed by atoms with van der Waals surface area (Å²) in [6, 6.07) is 0. The van der Waals surface area contributed by atoms with Gasteiger partial charge in [-0.3, -0.25) is 9.59 Å². The molecule has 1 saturated heterocycles. The van der Waals surface area contributed by atoms with Crippen LogP contribution in [0.5, 0.6) is 0 Å². The molecule has 5 fully saturated rings. The maximum Gasteiger partial charge on any atom is 0.284 e. The number of hydrogen-bond acceptors (Lipinski definition) is 9. The molecule has 228 valence electrons. The second-order valence-corrected chi connectivity index (χ2v) is 14.6. The van der Waals surface area contributed by atoms with E-state index in [-0.39, 0.29) is 54.3 Å². The highest BCUT2D eigenvalue weighted by Crippen LogP contribution is 2.71. The lowest BCUT2D eigenvalue weighted by molar-refractivity contribution is -0.369. The van der Waals surface area contributed by atoms with Crippen molar-refractivity contribution in [2.24, 2.45) is 40.4 Å². The number of ketones is 2. The molecule has 0 bridgehead atoms. The van der Waals surface area contributed by atoms with Crippen molar-refractivity contribution in [2.75, 3.05) is 13.2 Å². The monoisotopic (exact) mass is 574 g/mol. The second-order valence-electron chi connectivity index (χ2n) is 14.6. The average molecular weight is 575 g/mol. The maximum atomic E-state index is 14.3. The van der Waals surface area contributed by atoms with Gasteiger partial charge in [-0.25, -0.2) is 0 Å². The average Bonchev–Trinajstić information content (AvgIpc) is 3.33. The third-order valence-electron chi connectivity index (χ3n) is 11.6. The Labute approximate surface area is 241 Å². The van der Waals surface area contributed by atoms with Crippen LogP contribution in [0.3, 0.4) is 0 Å². The zero-order valence-corrected chi connectivity index (χ0v) is 24.7. The van der Waals surface area contributed by atoms with Gasteiger partial charge in [-0.2, -0.15) is 0 Å². The fourth-order valence-corrected chi connectivity index (χ4v) is 9.90. The predicted molar refractivity (Wildman–Crippen MR) is 147 cm³/mol. The van der Waals surface area contributed by atoms with E-state index < -0.39 is 52.2 Å². The van der Waals surface area contributed by atoms with Crippen LogP contribution < -0.4 is 0 Å². The van der Waals surface area contributed by atoms with Crippen molar-refractivity contribution in [1.82, 2.24) is 0 Å². The molecular weight excluding hydrogens is 528 g/mol. The van der Waals surface area contributed by atoms with E-state index in [0.29, 0.717) is 13.0 Å². The third kappa shape index (κ3) is 4.21. The van der Waals surface area contributed by atoms with Crippen LogP contribution in [0.4, 0.5) is 0 Å². The van der Waals surface area contributed by atoms with E-state index >= 15 is 0 Å². The smallest absolute Gasteiger partial charge is 0.284 e. The molecule has 41 heavy (non-hydrogen) atoms. The summed E-state index contributed by atoms with van der Waals surface area (Å²) in [7, 11) is 0. The van der Waals surface area contributed by atoms with Crippen LogP contribution in [0.2, 0.25) is 0 Å². The molecule has 0 amide bonds. The Morgan fingerprint density at radius 2 is 1.83 bits per heavy atom. The minimum atomic E-state index is -2.26. The molecular formula is C32H46O9. The van der Waals surface area contributed by atoms with E-state index in [1.54, 1.807) is 6.08 Å². The minimum Gasteiger partial charge on any atom is -0.393 e. The standard InChI is InChI=1S/C32H46O9/c1-18(2)16-39-17-25(35)31-26(40-32(38,41-31)19-8-6-5-7-9-19)13-22-21-14-30(36,37)24-12-20(33)10-11-28(24,3)27(21)23(34)15-29(22,31)4/h10-12,18-19,21-23,26-27,34,36-38H,5-9,13-17H2,1-4H3. The van der Waals surface area contributed by atoms with E-state index in [1.807, 2.05) is 27.7 Å². The van der Waals surface area contributed by atoms with Gasteiger partial charge in [-0.1, -0.05) is 53.0 Å². The molecule has 0 radical (unpaired) electrons. The van der Waals surface area contributed by atoms with Gasteiger partial charge in [0, 0.05) is 41.3 Å². The summed E-state index contributed by atoms with van der Waals surface area (Å²) in [5.41, 5.74) is -3.29. The van der Waals surface area contributed by atoms with Crippen LogP contribution in [-0.2, 0) is 23.8 Å². The molecule has 1 heterocycles. The van der Waals surface area contributed by atoms with Gasteiger partial charge in [0.15, 0.2) is 23.0 Å². The first-order valence-corrected chi connectivity index (χ1v) is 15.5. The Bertz CT molecular complexity index is 1150. The fraction of sp³-hybridized carbons (Fsp3) is 0.812. The number of aliphatic hydroxyl groups is 4. The SMILES string of the molecule is CC(C)COCC(=O)C12OC(O)(C3CCCCC3)OC1CC1C3CC(O)(O)C4=CC(=O)C=CC4(C)C3C(O)CC12C. The predicted octanol–water partition coefficient (Wildman–Crippen LogP) is 2.79. The van der Waals surface area contributed by atoms with Crippen LogP contribution in [0.15, 0.2) is 23.8 Å². The van der Waals surface area contributed by atoms with Crippen molar-refractivity contribution in [2.45, 2.75) is 109 Å². The van der Waals surface area contributed by atoms with E-state index in [2.05, 4.69) is 0 Å². The van der Waals surface area contributed by atoms with Crippen molar-refractivity contribution >= 4 is 11.6 Å². The van der Waals surface area contributed by atoms with E-state index in [1.165, 1.54) is 12.2 Å². The number of carbonyl (C=O) groups excluding carboxylic acids is 2. The summed E-state index contributed by atoms with van der Waals surface area (Å²) in [5.74, 6) is -5.94. The van der Waals surface area contributed by atoms with Gasteiger partial charge in [0.2, 0.25) is 0 Å². The first-order valence-electron chi connectivity index (χ1n) is 15.5. The van der Waals surface area contributed by atoms with Crippen LogP contribution in [-0.4, -0.2) is 74.8 Å². The molecule has 0 spiro atoms.